The van der Waals surface area contributed by atoms with E-state index in [1.807, 2.05) is 42.5 Å². The number of methoxy groups -OCH3 is 1. The molecule has 3 aromatic rings. The Hall–Kier alpha value is -2.92. The second kappa shape index (κ2) is 9.05. The van der Waals surface area contributed by atoms with Crippen LogP contribution in [0.15, 0.2) is 48.5 Å². The molecule has 0 bridgehead atoms. The van der Waals surface area contributed by atoms with Gasteiger partial charge in [0.2, 0.25) is 0 Å². The van der Waals surface area contributed by atoms with E-state index in [1.165, 1.54) is 14.0 Å². The number of rotatable bonds is 7. The Morgan fingerprint density at radius 1 is 1.10 bits per heavy atom. The zero-order valence-corrected chi connectivity index (χ0v) is 17.5. The van der Waals surface area contributed by atoms with E-state index in [1.54, 1.807) is 10.6 Å². The van der Waals surface area contributed by atoms with Gasteiger partial charge in [-0.3, -0.25) is 9.36 Å². The molecule has 2 aromatic carbocycles. The van der Waals surface area contributed by atoms with Gasteiger partial charge in [-0.25, -0.2) is 9.78 Å². The maximum absolute atomic E-state index is 12.5. The van der Waals surface area contributed by atoms with E-state index in [0.29, 0.717) is 23.5 Å². The molecular formula is C23H23ClN2O3. The summed E-state index contributed by atoms with van der Waals surface area (Å²) >= 11 is 6.33. The molecule has 5 nitrogen and oxygen atoms in total. The minimum absolute atomic E-state index is 0.143. The Balaban J connectivity index is 2.30. The average molecular weight is 411 g/mol. The van der Waals surface area contributed by atoms with Crippen molar-refractivity contribution in [1.82, 2.24) is 9.55 Å². The molecular weight excluding hydrogens is 388 g/mol. The van der Waals surface area contributed by atoms with E-state index in [2.05, 4.69) is 11.9 Å². The predicted octanol–water partition coefficient (Wildman–Crippen LogP) is 5.52. The molecule has 0 N–H and O–H groups in total. The molecule has 0 aliphatic rings. The monoisotopic (exact) mass is 410 g/mol. The number of halogens is 1. The van der Waals surface area contributed by atoms with Gasteiger partial charge in [0.1, 0.15) is 11.5 Å². The summed E-state index contributed by atoms with van der Waals surface area (Å²) in [6.07, 6.45) is 2.49. The number of hydrogen-bond donors (Lipinski definition) is 0. The number of unbranched alkanes of at least 4 members (excludes halogenated alkanes) is 1. The number of Topliss-reactive ketones (excluding diaryl/α,β-unsaturated/α-hetero) is 1. The summed E-state index contributed by atoms with van der Waals surface area (Å²) in [5.41, 5.74) is 3.06. The van der Waals surface area contributed by atoms with E-state index in [4.69, 9.17) is 16.3 Å². The number of esters is 1. The number of aromatic nitrogens is 2. The highest BCUT2D eigenvalue weighted by Crippen LogP contribution is 2.30. The van der Waals surface area contributed by atoms with E-state index < -0.39 is 5.97 Å². The fraction of sp³-hybridized carbons (Fsp3) is 0.261. The van der Waals surface area contributed by atoms with Gasteiger partial charge in [-0.05, 0) is 29.7 Å². The zero-order chi connectivity index (χ0) is 21.0. The van der Waals surface area contributed by atoms with Gasteiger partial charge >= 0.3 is 5.97 Å². The molecule has 150 valence electrons. The second-order valence-corrected chi connectivity index (χ2v) is 7.11. The first-order chi connectivity index (χ1) is 14.0. The van der Waals surface area contributed by atoms with Gasteiger partial charge in [-0.1, -0.05) is 61.3 Å². The largest absolute Gasteiger partial charge is 0.465 e. The van der Waals surface area contributed by atoms with Crippen LogP contribution in [0.1, 0.15) is 53.4 Å². The zero-order valence-electron chi connectivity index (χ0n) is 16.7. The molecule has 0 unspecified atom stereocenters. The summed E-state index contributed by atoms with van der Waals surface area (Å²) in [7, 11) is 1.34. The number of hydrogen-bond acceptors (Lipinski definition) is 4. The highest BCUT2D eigenvalue weighted by Gasteiger charge is 2.24. The Labute approximate surface area is 175 Å². The Kier molecular flexibility index (Phi) is 6.49. The molecule has 0 aliphatic heterocycles. The summed E-state index contributed by atoms with van der Waals surface area (Å²) in [4.78, 5) is 29.3. The number of aryl methyl sites for hydroxylation is 1. The molecule has 1 aromatic heterocycles. The number of carbonyl (C=O) groups excluding carboxylic acids is 2. The second-order valence-electron chi connectivity index (χ2n) is 6.75. The average Bonchev–Trinajstić information content (AvgIpc) is 3.07. The van der Waals surface area contributed by atoms with Crippen molar-refractivity contribution in [2.24, 2.45) is 0 Å². The lowest BCUT2D eigenvalue weighted by Crippen LogP contribution is -2.14. The fourth-order valence-corrected chi connectivity index (χ4v) is 3.63. The van der Waals surface area contributed by atoms with Crippen molar-refractivity contribution in [2.75, 3.05) is 7.11 Å². The van der Waals surface area contributed by atoms with Crippen molar-refractivity contribution >= 4 is 23.4 Å². The number of ether oxygens (including phenoxy) is 1. The Bertz CT molecular complexity index is 1040. The maximum Gasteiger partial charge on any atom is 0.339 e. The lowest BCUT2D eigenvalue weighted by Gasteiger charge is -2.16. The van der Waals surface area contributed by atoms with Crippen LogP contribution in [0, 0.1) is 0 Å². The summed E-state index contributed by atoms with van der Waals surface area (Å²) in [5.74, 6) is -0.0519. The van der Waals surface area contributed by atoms with Gasteiger partial charge < -0.3 is 4.74 Å². The SMILES string of the molecule is CCCCc1nc(Cl)c(C(C)=O)n1-c1cc(-c2ccccc2)ccc1C(=O)OC. The lowest BCUT2D eigenvalue weighted by molar-refractivity contribution is 0.0600. The molecule has 1 heterocycles. The third-order valence-corrected chi connectivity index (χ3v) is 5.01. The number of nitrogens with zero attached hydrogens (tertiary/aromatic N) is 2. The van der Waals surface area contributed by atoms with E-state index in [-0.39, 0.29) is 16.6 Å². The summed E-state index contributed by atoms with van der Waals surface area (Å²) in [6.45, 7) is 3.53. The predicted molar refractivity (Wildman–Crippen MR) is 114 cm³/mol. The summed E-state index contributed by atoms with van der Waals surface area (Å²) in [6, 6.07) is 15.3. The normalized spacial score (nSPS) is 10.8. The molecule has 29 heavy (non-hydrogen) atoms. The van der Waals surface area contributed by atoms with Gasteiger partial charge in [0.25, 0.3) is 0 Å². The van der Waals surface area contributed by atoms with Crippen molar-refractivity contribution in [3.05, 3.63) is 70.8 Å². The standard InChI is InChI=1S/C23H23ClN2O3/c1-4-5-11-20-25-22(24)21(15(2)27)26(20)19-14-17(16-9-7-6-8-10-16)12-13-18(19)23(28)29-3/h6-10,12-14H,4-5,11H2,1-3H3. The van der Waals surface area contributed by atoms with Crippen molar-refractivity contribution < 1.29 is 14.3 Å². The van der Waals surface area contributed by atoms with E-state index in [9.17, 15) is 9.59 Å². The first-order valence-electron chi connectivity index (χ1n) is 9.54. The molecule has 0 saturated heterocycles. The van der Waals surface area contributed by atoms with Gasteiger partial charge in [0.05, 0.1) is 18.4 Å². The van der Waals surface area contributed by atoms with Crippen molar-refractivity contribution in [2.45, 2.75) is 33.1 Å². The number of carbonyl (C=O) groups is 2. The summed E-state index contributed by atoms with van der Waals surface area (Å²) in [5, 5.41) is 0.143. The minimum Gasteiger partial charge on any atom is -0.465 e. The maximum atomic E-state index is 12.5. The van der Waals surface area contributed by atoms with Gasteiger partial charge in [0.15, 0.2) is 10.9 Å². The van der Waals surface area contributed by atoms with Crippen LogP contribution in [0.5, 0.6) is 0 Å². The Morgan fingerprint density at radius 3 is 2.45 bits per heavy atom. The number of imidazole rings is 1. The van der Waals surface area contributed by atoms with Crippen LogP contribution in [-0.2, 0) is 11.2 Å². The molecule has 6 heteroatoms. The van der Waals surface area contributed by atoms with Crippen molar-refractivity contribution in [3.8, 4) is 16.8 Å². The van der Waals surface area contributed by atoms with Crippen molar-refractivity contribution in [3.63, 3.8) is 0 Å². The quantitative estimate of drug-likeness (QED) is 0.380. The topological polar surface area (TPSA) is 61.2 Å². The lowest BCUT2D eigenvalue weighted by atomic mass is 10.0. The first-order valence-corrected chi connectivity index (χ1v) is 9.91. The van der Waals surface area contributed by atoms with Crippen LogP contribution >= 0.6 is 11.6 Å². The highest BCUT2D eigenvalue weighted by molar-refractivity contribution is 6.32. The van der Waals surface area contributed by atoms with Crippen LogP contribution in [0.25, 0.3) is 16.8 Å². The van der Waals surface area contributed by atoms with E-state index >= 15 is 0 Å². The first kappa shape index (κ1) is 20.8. The highest BCUT2D eigenvalue weighted by atomic mass is 35.5. The number of benzene rings is 2. The van der Waals surface area contributed by atoms with E-state index in [0.717, 1.165) is 24.0 Å². The van der Waals surface area contributed by atoms with Gasteiger partial charge in [0, 0.05) is 13.3 Å². The van der Waals surface area contributed by atoms with Crippen LogP contribution in [0.4, 0.5) is 0 Å². The van der Waals surface area contributed by atoms with Gasteiger partial charge in [-0.15, -0.1) is 0 Å². The third kappa shape index (κ3) is 4.25. The molecule has 0 radical (unpaired) electrons. The van der Waals surface area contributed by atoms with Crippen molar-refractivity contribution in [1.29, 1.82) is 0 Å². The van der Waals surface area contributed by atoms with Crippen LogP contribution in [-0.4, -0.2) is 28.4 Å². The molecule has 3 rings (SSSR count). The van der Waals surface area contributed by atoms with Crippen LogP contribution in [0.3, 0.4) is 0 Å². The van der Waals surface area contributed by atoms with Gasteiger partial charge in [-0.2, -0.15) is 0 Å². The molecule has 0 spiro atoms. The molecule has 0 saturated carbocycles. The van der Waals surface area contributed by atoms with Crippen LogP contribution in [0.2, 0.25) is 5.15 Å². The molecule has 0 atom stereocenters. The smallest absolute Gasteiger partial charge is 0.339 e. The van der Waals surface area contributed by atoms with Crippen LogP contribution < -0.4 is 0 Å². The summed E-state index contributed by atoms with van der Waals surface area (Å²) < 4.78 is 6.69. The molecule has 0 amide bonds. The Morgan fingerprint density at radius 2 is 1.83 bits per heavy atom. The minimum atomic E-state index is -0.486. The molecule has 0 aliphatic carbocycles. The number of ketones is 1. The third-order valence-electron chi connectivity index (χ3n) is 4.74. The molecule has 0 fully saturated rings. The fourth-order valence-electron chi connectivity index (χ4n) is 3.31.